The average molecular weight is 424 g/mol. The number of carbonyl (C=O) groups is 1. The van der Waals surface area contributed by atoms with Gasteiger partial charge < -0.3 is 14.4 Å². The van der Waals surface area contributed by atoms with Crippen molar-refractivity contribution in [3.05, 3.63) is 29.8 Å². The van der Waals surface area contributed by atoms with Crippen molar-refractivity contribution >= 4 is 15.9 Å². The van der Waals surface area contributed by atoms with Crippen LogP contribution in [0.4, 0.5) is 4.79 Å². The van der Waals surface area contributed by atoms with Crippen LogP contribution in [0.3, 0.4) is 0 Å². The van der Waals surface area contributed by atoms with Gasteiger partial charge in [0.25, 0.3) is 0 Å². The lowest BCUT2D eigenvalue weighted by Crippen LogP contribution is -2.39. The zero-order valence-electron chi connectivity index (χ0n) is 17.7. The second kappa shape index (κ2) is 9.47. The first kappa shape index (κ1) is 22.1. The average Bonchev–Trinajstić information content (AvgIpc) is 3.45. The molecule has 1 aliphatic heterocycles. The molecule has 2 unspecified atom stereocenters. The number of benzene rings is 1. The van der Waals surface area contributed by atoms with Crippen LogP contribution >= 0.6 is 0 Å². The number of hydrogen-bond acceptors (Lipinski definition) is 5. The largest absolute Gasteiger partial charge is 0.449 e. The molecule has 0 radical (unpaired) electrons. The Hall–Kier alpha value is -1.60. The quantitative estimate of drug-likeness (QED) is 0.637. The summed E-state index contributed by atoms with van der Waals surface area (Å²) >= 11 is 0. The van der Waals surface area contributed by atoms with E-state index in [4.69, 9.17) is 9.47 Å². The Morgan fingerprint density at radius 1 is 1.17 bits per heavy atom. The molecule has 7 heteroatoms. The SMILES string of the molecule is CC(C)COC(=O)N1CCC(C2CC2COCc2ccc(S(C)(=O)=O)cc2)CC1. The van der Waals surface area contributed by atoms with Crippen molar-refractivity contribution < 1.29 is 22.7 Å². The summed E-state index contributed by atoms with van der Waals surface area (Å²) < 4.78 is 34.2. The van der Waals surface area contributed by atoms with Crippen molar-refractivity contribution in [2.45, 2.75) is 44.6 Å². The van der Waals surface area contributed by atoms with E-state index in [-0.39, 0.29) is 6.09 Å². The van der Waals surface area contributed by atoms with E-state index in [1.54, 1.807) is 12.1 Å². The Morgan fingerprint density at radius 2 is 1.83 bits per heavy atom. The van der Waals surface area contributed by atoms with Crippen LogP contribution in [0.25, 0.3) is 0 Å². The Labute approximate surface area is 174 Å². The molecule has 1 aliphatic carbocycles. The van der Waals surface area contributed by atoms with Gasteiger partial charge in [-0.25, -0.2) is 13.2 Å². The van der Waals surface area contributed by atoms with E-state index >= 15 is 0 Å². The molecule has 6 nitrogen and oxygen atoms in total. The molecular weight excluding hydrogens is 390 g/mol. The Balaban J connectivity index is 1.33. The van der Waals surface area contributed by atoms with Crippen molar-refractivity contribution in [2.75, 3.05) is 32.6 Å². The molecule has 0 N–H and O–H groups in total. The van der Waals surface area contributed by atoms with Crippen molar-refractivity contribution in [3.63, 3.8) is 0 Å². The minimum Gasteiger partial charge on any atom is -0.449 e. The molecular formula is C22H33NO5S. The second-order valence-electron chi connectivity index (χ2n) is 8.89. The molecule has 1 amide bonds. The molecule has 1 saturated heterocycles. The maximum Gasteiger partial charge on any atom is 0.409 e. The molecule has 1 heterocycles. The van der Waals surface area contributed by atoms with Crippen LogP contribution in [0, 0.1) is 23.7 Å². The highest BCUT2D eigenvalue weighted by Gasteiger charge is 2.44. The van der Waals surface area contributed by atoms with Gasteiger partial charge in [0.05, 0.1) is 24.7 Å². The summed E-state index contributed by atoms with van der Waals surface area (Å²) in [6.45, 7) is 7.40. The molecule has 0 spiro atoms. The highest BCUT2D eigenvalue weighted by Crippen LogP contribution is 2.48. The number of rotatable bonds is 8. The Bertz CT molecular complexity index is 782. The van der Waals surface area contributed by atoms with Gasteiger partial charge in [0, 0.05) is 19.3 Å². The summed E-state index contributed by atoms with van der Waals surface area (Å²) in [4.78, 5) is 14.2. The van der Waals surface area contributed by atoms with Crippen molar-refractivity contribution in [2.24, 2.45) is 23.7 Å². The van der Waals surface area contributed by atoms with Crippen molar-refractivity contribution in [1.82, 2.24) is 4.90 Å². The van der Waals surface area contributed by atoms with E-state index in [0.717, 1.165) is 38.1 Å². The molecule has 1 aromatic carbocycles. The molecule has 1 aromatic rings. The summed E-state index contributed by atoms with van der Waals surface area (Å²) in [5.41, 5.74) is 0.989. The zero-order valence-corrected chi connectivity index (χ0v) is 18.5. The zero-order chi connectivity index (χ0) is 21.0. The number of piperidine rings is 1. The molecule has 0 bridgehead atoms. The van der Waals surface area contributed by atoms with E-state index in [1.165, 1.54) is 12.7 Å². The van der Waals surface area contributed by atoms with Crippen LogP contribution in [0.5, 0.6) is 0 Å². The number of nitrogens with zero attached hydrogens (tertiary/aromatic N) is 1. The van der Waals surface area contributed by atoms with Crippen molar-refractivity contribution in [3.8, 4) is 0 Å². The monoisotopic (exact) mass is 423 g/mol. The number of carbonyl (C=O) groups excluding carboxylic acids is 1. The normalized spacial score (nSPS) is 22.7. The highest BCUT2D eigenvalue weighted by atomic mass is 32.2. The molecule has 0 aromatic heterocycles. The molecule has 162 valence electrons. The van der Waals surface area contributed by atoms with Crippen LogP contribution in [-0.4, -0.2) is 52.0 Å². The van der Waals surface area contributed by atoms with Gasteiger partial charge in [0.1, 0.15) is 0 Å². The second-order valence-corrected chi connectivity index (χ2v) is 10.9. The lowest BCUT2D eigenvalue weighted by Gasteiger charge is -2.31. The first-order chi connectivity index (χ1) is 13.7. The summed E-state index contributed by atoms with van der Waals surface area (Å²) in [6.07, 6.45) is 4.34. The van der Waals surface area contributed by atoms with Gasteiger partial charge in [-0.3, -0.25) is 0 Å². The number of hydrogen-bond donors (Lipinski definition) is 0. The third-order valence-corrected chi connectivity index (χ3v) is 7.00. The fraction of sp³-hybridized carbons (Fsp3) is 0.682. The Kier molecular flexibility index (Phi) is 7.22. The molecule has 3 rings (SSSR count). The van der Waals surface area contributed by atoms with Gasteiger partial charge >= 0.3 is 6.09 Å². The molecule has 29 heavy (non-hydrogen) atoms. The van der Waals surface area contributed by atoms with Gasteiger partial charge in [0.15, 0.2) is 9.84 Å². The van der Waals surface area contributed by atoms with Crippen molar-refractivity contribution in [1.29, 1.82) is 0 Å². The molecule has 2 atom stereocenters. The molecule has 2 fully saturated rings. The molecule has 1 saturated carbocycles. The summed E-state index contributed by atoms with van der Waals surface area (Å²) in [5.74, 6) is 2.35. The minimum atomic E-state index is -3.15. The number of likely N-dealkylation sites (tertiary alicyclic amines) is 1. The fourth-order valence-electron chi connectivity index (χ4n) is 4.04. The van der Waals surface area contributed by atoms with E-state index in [2.05, 4.69) is 0 Å². The summed E-state index contributed by atoms with van der Waals surface area (Å²) in [6, 6.07) is 6.89. The number of sulfone groups is 1. The van der Waals surface area contributed by atoms with Gasteiger partial charge in [-0.05, 0) is 60.6 Å². The highest BCUT2D eigenvalue weighted by molar-refractivity contribution is 7.90. The Morgan fingerprint density at radius 3 is 2.41 bits per heavy atom. The van der Waals surface area contributed by atoms with Crippen LogP contribution in [0.1, 0.15) is 38.7 Å². The number of amides is 1. The van der Waals surface area contributed by atoms with E-state index in [1.807, 2.05) is 30.9 Å². The van der Waals surface area contributed by atoms with E-state index in [0.29, 0.717) is 41.8 Å². The third kappa shape index (κ3) is 6.44. The summed E-state index contributed by atoms with van der Waals surface area (Å²) in [5, 5.41) is 0. The maximum atomic E-state index is 12.1. The third-order valence-electron chi connectivity index (χ3n) is 5.87. The van der Waals surface area contributed by atoms with Gasteiger partial charge in [-0.15, -0.1) is 0 Å². The lowest BCUT2D eigenvalue weighted by atomic mass is 9.91. The van der Waals surface area contributed by atoms with Crippen LogP contribution in [0.2, 0.25) is 0 Å². The van der Waals surface area contributed by atoms with Crippen LogP contribution in [0.15, 0.2) is 29.2 Å². The first-order valence-corrected chi connectivity index (χ1v) is 12.4. The predicted molar refractivity (Wildman–Crippen MR) is 111 cm³/mol. The van der Waals surface area contributed by atoms with Crippen LogP contribution in [-0.2, 0) is 25.9 Å². The van der Waals surface area contributed by atoms with E-state index < -0.39 is 9.84 Å². The van der Waals surface area contributed by atoms with Gasteiger partial charge in [-0.2, -0.15) is 0 Å². The fourth-order valence-corrected chi connectivity index (χ4v) is 4.67. The maximum absolute atomic E-state index is 12.1. The predicted octanol–water partition coefficient (Wildman–Crippen LogP) is 3.75. The topological polar surface area (TPSA) is 72.9 Å². The standard InChI is InChI=1S/C22H33NO5S/c1-16(2)13-28-22(24)23-10-8-18(9-11-23)21-12-19(21)15-27-14-17-4-6-20(7-5-17)29(3,25)26/h4-7,16,18-19,21H,8-15H2,1-3H3. The van der Waals surface area contributed by atoms with Gasteiger partial charge in [0.2, 0.25) is 0 Å². The first-order valence-electron chi connectivity index (χ1n) is 10.5. The summed E-state index contributed by atoms with van der Waals surface area (Å²) in [7, 11) is -3.15. The van der Waals surface area contributed by atoms with E-state index in [9.17, 15) is 13.2 Å². The van der Waals surface area contributed by atoms with Gasteiger partial charge in [-0.1, -0.05) is 26.0 Å². The minimum absolute atomic E-state index is 0.172. The molecule has 2 aliphatic rings. The smallest absolute Gasteiger partial charge is 0.409 e. The van der Waals surface area contributed by atoms with Crippen LogP contribution < -0.4 is 0 Å². The lowest BCUT2D eigenvalue weighted by molar-refractivity contribution is 0.0734. The number of ether oxygens (including phenoxy) is 2.